The Morgan fingerprint density at radius 1 is 1.50 bits per heavy atom. The van der Waals surface area contributed by atoms with Gasteiger partial charge >= 0.3 is 11.9 Å². The highest BCUT2D eigenvalue weighted by Gasteiger charge is 2.09. The average molecular weight is 252 g/mol. The van der Waals surface area contributed by atoms with Crippen molar-refractivity contribution in [3.63, 3.8) is 0 Å². The van der Waals surface area contributed by atoms with Crippen molar-refractivity contribution < 1.29 is 19.4 Å². The van der Waals surface area contributed by atoms with Crippen LogP contribution in [-0.4, -0.2) is 33.4 Å². The van der Waals surface area contributed by atoms with Gasteiger partial charge in [-0.25, -0.2) is 9.59 Å². The number of carboxylic acid groups (broad SMARTS) is 1. The molecule has 0 amide bonds. The number of rotatable bonds is 6. The Kier molecular flexibility index (Phi) is 5.10. The lowest BCUT2D eigenvalue weighted by Gasteiger charge is -1.99. The zero-order chi connectivity index (χ0) is 13.5. The predicted molar refractivity (Wildman–Crippen MR) is 64.2 cm³/mol. The van der Waals surface area contributed by atoms with Gasteiger partial charge in [-0.05, 0) is 13.3 Å². The van der Waals surface area contributed by atoms with Gasteiger partial charge in [-0.15, -0.1) is 0 Å². The molecule has 0 bridgehead atoms. The third-order valence-electron chi connectivity index (χ3n) is 2.32. The van der Waals surface area contributed by atoms with Crippen molar-refractivity contribution in [2.24, 2.45) is 0 Å². The van der Waals surface area contributed by atoms with Crippen LogP contribution in [-0.2, 0) is 16.1 Å². The number of allylic oxidation sites excluding steroid dienone is 1. The molecule has 1 aromatic rings. The molecule has 1 aromatic heterocycles. The standard InChI is InChI=1S/C12H16N2O4/c1-3-9(11(15)16)5-6-14-8-10(7-13-14)12(17)18-4-2/h5,7-8H,3-4,6H2,1-2H3,(H,15,16)/b9-5-. The van der Waals surface area contributed by atoms with Crippen LogP contribution in [0.25, 0.3) is 0 Å². The molecule has 0 aliphatic rings. The van der Waals surface area contributed by atoms with Gasteiger partial charge in [0.15, 0.2) is 0 Å². The second kappa shape index (κ2) is 6.58. The number of esters is 1. The van der Waals surface area contributed by atoms with E-state index in [1.165, 1.54) is 17.1 Å². The van der Waals surface area contributed by atoms with Gasteiger partial charge in [0.2, 0.25) is 0 Å². The molecule has 1 heterocycles. The van der Waals surface area contributed by atoms with Gasteiger partial charge in [0.05, 0.1) is 24.9 Å². The van der Waals surface area contributed by atoms with E-state index in [0.29, 0.717) is 30.7 Å². The molecule has 1 rings (SSSR count). The van der Waals surface area contributed by atoms with Gasteiger partial charge in [-0.2, -0.15) is 5.10 Å². The summed E-state index contributed by atoms with van der Waals surface area (Å²) < 4.78 is 6.32. The van der Waals surface area contributed by atoms with E-state index in [-0.39, 0.29) is 0 Å². The van der Waals surface area contributed by atoms with Crippen LogP contribution in [0.4, 0.5) is 0 Å². The Balaban J connectivity index is 2.70. The summed E-state index contributed by atoms with van der Waals surface area (Å²) in [5.74, 6) is -1.36. The number of carbonyl (C=O) groups is 2. The summed E-state index contributed by atoms with van der Waals surface area (Å²) in [6.45, 7) is 4.12. The van der Waals surface area contributed by atoms with E-state index in [0.717, 1.165) is 0 Å². The molecule has 18 heavy (non-hydrogen) atoms. The van der Waals surface area contributed by atoms with E-state index in [4.69, 9.17) is 9.84 Å². The fourth-order valence-corrected chi connectivity index (χ4v) is 1.37. The Morgan fingerprint density at radius 3 is 2.78 bits per heavy atom. The second-order valence-corrected chi connectivity index (χ2v) is 3.56. The number of nitrogens with zero attached hydrogens (tertiary/aromatic N) is 2. The zero-order valence-corrected chi connectivity index (χ0v) is 10.4. The smallest absolute Gasteiger partial charge is 0.341 e. The zero-order valence-electron chi connectivity index (χ0n) is 10.4. The van der Waals surface area contributed by atoms with Gasteiger partial charge in [0, 0.05) is 11.8 Å². The monoisotopic (exact) mass is 252 g/mol. The summed E-state index contributed by atoms with van der Waals surface area (Å²) in [5.41, 5.74) is 0.682. The van der Waals surface area contributed by atoms with E-state index in [9.17, 15) is 9.59 Å². The molecule has 0 aliphatic carbocycles. The van der Waals surface area contributed by atoms with Crippen LogP contribution < -0.4 is 0 Å². The van der Waals surface area contributed by atoms with Crippen molar-refractivity contribution >= 4 is 11.9 Å². The van der Waals surface area contributed by atoms with Crippen molar-refractivity contribution in [1.82, 2.24) is 9.78 Å². The summed E-state index contributed by atoms with van der Waals surface area (Å²) in [4.78, 5) is 22.2. The topological polar surface area (TPSA) is 81.4 Å². The first-order chi connectivity index (χ1) is 8.58. The minimum atomic E-state index is -0.935. The van der Waals surface area contributed by atoms with Gasteiger partial charge in [-0.3, -0.25) is 4.68 Å². The van der Waals surface area contributed by atoms with Crippen molar-refractivity contribution in [2.75, 3.05) is 6.61 Å². The highest BCUT2D eigenvalue weighted by Crippen LogP contribution is 2.04. The van der Waals surface area contributed by atoms with Gasteiger partial charge in [0.1, 0.15) is 0 Å². The molecular weight excluding hydrogens is 236 g/mol. The molecule has 0 fully saturated rings. The van der Waals surface area contributed by atoms with Crippen LogP contribution in [0.3, 0.4) is 0 Å². The van der Waals surface area contributed by atoms with Crippen molar-refractivity contribution in [3.8, 4) is 0 Å². The normalized spacial score (nSPS) is 11.3. The van der Waals surface area contributed by atoms with E-state index < -0.39 is 11.9 Å². The van der Waals surface area contributed by atoms with Crippen LogP contribution >= 0.6 is 0 Å². The summed E-state index contributed by atoms with van der Waals surface area (Å²) in [7, 11) is 0. The van der Waals surface area contributed by atoms with Crippen LogP contribution in [0, 0.1) is 0 Å². The van der Waals surface area contributed by atoms with Crippen molar-refractivity contribution in [3.05, 3.63) is 29.6 Å². The van der Waals surface area contributed by atoms with E-state index in [1.54, 1.807) is 19.9 Å². The third-order valence-corrected chi connectivity index (χ3v) is 2.32. The molecule has 6 nitrogen and oxygen atoms in total. The Bertz CT molecular complexity index is 462. The Labute approximate surface area is 105 Å². The van der Waals surface area contributed by atoms with Crippen molar-refractivity contribution in [1.29, 1.82) is 0 Å². The van der Waals surface area contributed by atoms with Crippen LogP contribution in [0.15, 0.2) is 24.0 Å². The number of hydrogen-bond donors (Lipinski definition) is 1. The number of aliphatic carboxylic acids is 1. The molecule has 0 aliphatic heterocycles. The maximum Gasteiger partial charge on any atom is 0.341 e. The highest BCUT2D eigenvalue weighted by molar-refractivity contribution is 5.88. The van der Waals surface area contributed by atoms with Gasteiger partial charge in [-0.1, -0.05) is 13.0 Å². The number of carbonyl (C=O) groups excluding carboxylic acids is 1. The fourth-order valence-electron chi connectivity index (χ4n) is 1.37. The fraction of sp³-hybridized carbons (Fsp3) is 0.417. The number of carboxylic acids is 1. The molecule has 0 saturated heterocycles. The molecule has 0 spiro atoms. The summed E-state index contributed by atoms with van der Waals surface area (Å²) in [6, 6.07) is 0. The maximum atomic E-state index is 11.4. The Hall–Kier alpha value is -2.11. The molecule has 0 saturated carbocycles. The molecule has 0 aromatic carbocycles. The molecule has 1 N–H and O–H groups in total. The molecule has 0 radical (unpaired) electrons. The summed E-state index contributed by atoms with van der Waals surface area (Å²) in [5, 5.41) is 12.8. The first-order valence-corrected chi connectivity index (χ1v) is 5.70. The number of hydrogen-bond acceptors (Lipinski definition) is 4. The predicted octanol–water partition coefficient (Wildman–Crippen LogP) is 1.48. The van der Waals surface area contributed by atoms with Crippen LogP contribution in [0.1, 0.15) is 30.6 Å². The first kappa shape index (κ1) is 14.0. The molecule has 6 heteroatoms. The van der Waals surface area contributed by atoms with Gasteiger partial charge in [0.25, 0.3) is 0 Å². The lowest BCUT2D eigenvalue weighted by atomic mass is 10.2. The van der Waals surface area contributed by atoms with E-state index in [1.807, 2.05) is 0 Å². The average Bonchev–Trinajstić information content (AvgIpc) is 2.78. The minimum absolute atomic E-state index is 0.308. The minimum Gasteiger partial charge on any atom is -0.478 e. The second-order valence-electron chi connectivity index (χ2n) is 3.56. The molecular formula is C12H16N2O4. The summed E-state index contributed by atoms with van der Waals surface area (Å²) >= 11 is 0. The lowest BCUT2D eigenvalue weighted by Crippen LogP contribution is -2.04. The quantitative estimate of drug-likeness (QED) is 0.612. The molecule has 0 unspecified atom stereocenters. The largest absolute Gasteiger partial charge is 0.478 e. The van der Waals surface area contributed by atoms with E-state index in [2.05, 4.69) is 5.10 Å². The number of aromatic nitrogens is 2. The first-order valence-electron chi connectivity index (χ1n) is 5.70. The summed E-state index contributed by atoms with van der Waals surface area (Å²) in [6.07, 6.45) is 4.95. The van der Waals surface area contributed by atoms with Gasteiger partial charge < -0.3 is 9.84 Å². The van der Waals surface area contributed by atoms with Crippen molar-refractivity contribution in [2.45, 2.75) is 26.8 Å². The molecule has 0 atom stereocenters. The molecule has 98 valence electrons. The van der Waals surface area contributed by atoms with Crippen LogP contribution in [0.5, 0.6) is 0 Å². The van der Waals surface area contributed by atoms with Crippen LogP contribution in [0.2, 0.25) is 0 Å². The number of ether oxygens (including phenoxy) is 1. The SMILES string of the molecule is CCOC(=O)c1cnn(C/C=C(/CC)C(=O)O)c1. The maximum absolute atomic E-state index is 11.4. The Morgan fingerprint density at radius 2 is 2.22 bits per heavy atom. The van der Waals surface area contributed by atoms with E-state index >= 15 is 0 Å². The highest BCUT2D eigenvalue weighted by atomic mass is 16.5. The lowest BCUT2D eigenvalue weighted by molar-refractivity contribution is -0.132. The third kappa shape index (κ3) is 3.73.